The molecular formula is C14H23NO2. The fourth-order valence-corrected chi connectivity index (χ4v) is 1.54. The van der Waals surface area contributed by atoms with Crippen molar-refractivity contribution in [1.29, 1.82) is 0 Å². The molecule has 17 heavy (non-hydrogen) atoms. The van der Waals surface area contributed by atoms with Gasteiger partial charge in [0.05, 0.1) is 13.7 Å². The summed E-state index contributed by atoms with van der Waals surface area (Å²) < 4.78 is 11.1. The number of rotatable bonds is 7. The Morgan fingerprint density at radius 1 is 1.29 bits per heavy atom. The largest absolute Gasteiger partial charge is 0.493 e. The quantitative estimate of drug-likeness (QED) is 0.791. The molecule has 0 radical (unpaired) electrons. The molecule has 0 aliphatic heterocycles. The van der Waals surface area contributed by atoms with E-state index in [0.29, 0.717) is 12.6 Å². The van der Waals surface area contributed by atoms with Crippen molar-refractivity contribution in [2.24, 2.45) is 0 Å². The van der Waals surface area contributed by atoms with Gasteiger partial charge in [-0.15, -0.1) is 0 Å². The summed E-state index contributed by atoms with van der Waals surface area (Å²) >= 11 is 0. The maximum absolute atomic E-state index is 5.74. The van der Waals surface area contributed by atoms with E-state index in [1.165, 1.54) is 5.56 Å². The molecule has 0 aliphatic carbocycles. The van der Waals surface area contributed by atoms with Crippen molar-refractivity contribution in [3.8, 4) is 11.5 Å². The highest BCUT2D eigenvalue weighted by Crippen LogP contribution is 2.28. The zero-order valence-electron chi connectivity index (χ0n) is 11.2. The first-order chi connectivity index (χ1) is 8.21. The van der Waals surface area contributed by atoms with Gasteiger partial charge in [-0.3, -0.25) is 0 Å². The van der Waals surface area contributed by atoms with Crippen LogP contribution in [0.2, 0.25) is 0 Å². The van der Waals surface area contributed by atoms with Crippen LogP contribution < -0.4 is 14.8 Å². The van der Waals surface area contributed by atoms with Gasteiger partial charge in [-0.05, 0) is 44.5 Å². The van der Waals surface area contributed by atoms with Crippen LogP contribution in [-0.2, 0) is 6.42 Å². The Morgan fingerprint density at radius 2 is 2.06 bits per heavy atom. The van der Waals surface area contributed by atoms with Gasteiger partial charge in [-0.2, -0.15) is 0 Å². The highest BCUT2D eigenvalue weighted by molar-refractivity contribution is 5.42. The van der Waals surface area contributed by atoms with E-state index in [9.17, 15) is 0 Å². The van der Waals surface area contributed by atoms with Crippen LogP contribution in [0.5, 0.6) is 11.5 Å². The Bertz CT molecular complexity index is 339. The third kappa shape index (κ3) is 4.27. The highest BCUT2D eigenvalue weighted by atomic mass is 16.5. The second-order valence-electron chi connectivity index (χ2n) is 4.17. The molecule has 3 heteroatoms. The maximum Gasteiger partial charge on any atom is 0.161 e. The monoisotopic (exact) mass is 237 g/mol. The van der Waals surface area contributed by atoms with Gasteiger partial charge in [0.2, 0.25) is 0 Å². The SMILES string of the molecule is CCc1ccc(OCCC(C)NC)c(OC)c1. The first-order valence-corrected chi connectivity index (χ1v) is 6.18. The fourth-order valence-electron chi connectivity index (χ4n) is 1.54. The van der Waals surface area contributed by atoms with Gasteiger partial charge >= 0.3 is 0 Å². The molecule has 1 aromatic carbocycles. The Hall–Kier alpha value is -1.22. The van der Waals surface area contributed by atoms with Crippen LogP contribution in [0.1, 0.15) is 25.8 Å². The zero-order valence-corrected chi connectivity index (χ0v) is 11.2. The molecule has 1 atom stereocenters. The van der Waals surface area contributed by atoms with Gasteiger partial charge in [0.1, 0.15) is 0 Å². The molecule has 0 saturated carbocycles. The molecule has 1 aromatic rings. The van der Waals surface area contributed by atoms with Crippen LogP contribution in [0.3, 0.4) is 0 Å². The Balaban J connectivity index is 2.58. The summed E-state index contributed by atoms with van der Waals surface area (Å²) in [6, 6.07) is 6.58. The predicted molar refractivity (Wildman–Crippen MR) is 71.0 cm³/mol. The average Bonchev–Trinajstić information content (AvgIpc) is 2.38. The lowest BCUT2D eigenvalue weighted by Crippen LogP contribution is -2.23. The minimum absolute atomic E-state index is 0.468. The van der Waals surface area contributed by atoms with Crippen LogP contribution in [0.4, 0.5) is 0 Å². The number of hydrogen-bond donors (Lipinski definition) is 1. The fraction of sp³-hybridized carbons (Fsp3) is 0.571. The lowest BCUT2D eigenvalue weighted by atomic mass is 10.1. The van der Waals surface area contributed by atoms with E-state index in [1.54, 1.807) is 7.11 Å². The van der Waals surface area contributed by atoms with Gasteiger partial charge in [-0.1, -0.05) is 13.0 Å². The predicted octanol–water partition coefficient (Wildman–Crippen LogP) is 2.63. The first-order valence-electron chi connectivity index (χ1n) is 6.18. The third-order valence-electron chi connectivity index (χ3n) is 2.94. The van der Waals surface area contributed by atoms with E-state index < -0.39 is 0 Å². The van der Waals surface area contributed by atoms with Gasteiger partial charge in [0.25, 0.3) is 0 Å². The standard InChI is InChI=1S/C14H23NO2/c1-5-12-6-7-13(14(10-12)16-4)17-9-8-11(2)15-3/h6-7,10-11,15H,5,8-9H2,1-4H3. The number of methoxy groups -OCH3 is 1. The Kier molecular flexibility index (Phi) is 5.84. The van der Waals surface area contributed by atoms with Gasteiger partial charge in [0.15, 0.2) is 11.5 Å². The molecule has 3 nitrogen and oxygen atoms in total. The molecule has 0 aliphatic rings. The maximum atomic E-state index is 5.74. The summed E-state index contributed by atoms with van der Waals surface area (Å²) in [5.41, 5.74) is 1.26. The van der Waals surface area contributed by atoms with Crippen LogP contribution in [0.25, 0.3) is 0 Å². The molecule has 0 heterocycles. The van der Waals surface area contributed by atoms with Crippen molar-refractivity contribution >= 4 is 0 Å². The molecule has 0 fully saturated rings. The Labute approximate surface area is 104 Å². The zero-order chi connectivity index (χ0) is 12.7. The summed E-state index contributed by atoms with van der Waals surface area (Å²) in [7, 11) is 3.64. The van der Waals surface area contributed by atoms with Crippen LogP contribution >= 0.6 is 0 Å². The molecule has 1 rings (SSSR count). The Morgan fingerprint density at radius 3 is 2.65 bits per heavy atom. The smallest absolute Gasteiger partial charge is 0.161 e. The number of hydrogen-bond acceptors (Lipinski definition) is 3. The molecule has 0 saturated heterocycles. The van der Waals surface area contributed by atoms with Crippen molar-refractivity contribution in [2.75, 3.05) is 20.8 Å². The molecule has 96 valence electrons. The average molecular weight is 237 g/mol. The summed E-state index contributed by atoms with van der Waals surface area (Å²) in [6.45, 7) is 4.97. The first kappa shape index (κ1) is 13.8. The number of nitrogens with one attached hydrogen (secondary N) is 1. The second-order valence-corrected chi connectivity index (χ2v) is 4.17. The minimum atomic E-state index is 0.468. The van der Waals surface area contributed by atoms with E-state index in [0.717, 1.165) is 24.3 Å². The molecule has 1 N–H and O–H groups in total. The van der Waals surface area contributed by atoms with Crippen molar-refractivity contribution in [3.63, 3.8) is 0 Å². The number of benzene rings is 1. The third-order valence-corrected chi connectivity index (χ3v) is 2.94. The van der Waals surface area contributed by atoms with E-state index in [-0.39, 0.29) is 0 Å². The second kappa shape index (κ2) is 7.17. The molecule has 0 amide bonds. The van der Waals surface area contributed by atoms with Gasteiger partial charge in [0, 0.05) is 6.04 Å². The number of ether oxygens (including phenoxy) is 2. The van der Waals surface area contributed by atoms with Crippen molar-refractivity contribution in [1.82, 2.24) is 5.32 Å². The van der Waals surface area contributed by atoms with Crippen LogP contribution in [-0.4, -0.2) is 26.8 Å². The molecule has 0 spiro atoms. The summed E-state index contributed by atoms with van der Waals surface area (Å²) in [5.74, 6) is 1.65. The summed E-state index contributed by atoms with van der Waals surface area (Å²) in [5, 5.41) is 3.19. The summed E-state index contributed by atoms with van der Waals surface area (Å²) in [4.78, 5) is 0. The molecule has 0 aromatic heterocycles. The van der Waals surface area contributed by atoms with Crippen molar-refractivity contribution in [3.05, 3.63) is 23.8 Å². The van der Waals surface area contributed by atoms with E-state index in [2.05, 4.69) is 25.2 Å². The topological polar surface area (TPSA) is 30.5 Å². The van der Waals surface area contributed by atoms with Crippen LogP contribution in [0, 0.1) is 0 Å². The van der Waals surface area contributed by atoms with Crippen molar-refractivity contribution in [2.45, 2.75) is 32.7 Å². The summed E-state index contributed by atoms with van der Waals surface area (Å²) in [6.07, 6.45) is 1.99. The molecule has 1 unspecified atom stereocenters. The minimum Gasteiger partial charge on any atom is -0.493 e. The van der Waals surface area contributed by atoms with Crippen molar-refractivity contribution < 1.29 is 9.47 Å². The lowest BCUT2D eigenvalue weighted by Gasteiger charge is -2.14. The normalized spacial score (nSPS) is 12.2. The van der Waals surface area contributed by atoms with E-state index in [4.69, 9.17) is 9.47 Å². The molecule has 0 bridgehead atoms. The molecular weight excluding hydrogens is 214 g/mol. The van der Waals surface area contributed by atoms with E-state index >= 15 is 0 Å². The van der Waals surface area contributed by atoms with E-state index in [1.807, 2.05) is 19.2 Å². The number of aryl methyl sites for hydroxylation is 1. The van der Waals surface area contributed by atoms with Gasteiger partial charge in [-0.25, -0.2) is 0 Å². The van der Waals surface area contributed by atoms with Crippen LogP contribution in [0.15, 0.2) is 18.2 Å². The highest BCUT2D eigenvalue weighted by Gasteiger charge is 2.06. The van der Waals surface area contributed by atoms with Gasteiger partial charge < -0.3 is 14.8 Å². The lowest BCUT2D eigenvalue weighted by molar-refractivity contribution is 0.276.